The molecule has 0 bridgehead atoms. The summed E-state index contributed by atoms with van der Waals surface area (Å²) in [6, 6.07) is 5.41. The van der Waals surface area contributed by atoms with Crippen LogP contribution in [0.3, 0.4) is 0 Å². The molecule has 0 fully saturated rings. The van der Waals surface area contributed by atoms with Gasteiger partial charge in [0.25, 0.3) is 0 Å². The minimum absolute atomic E-state index is 0.0321. The molecule has 0 aliphatic carbocycles. The average Bonchev–Trinajstić information content (AvgIpc) is 2.52. The summed E-state index contributed by atoms with van der Waals surface area (Å²) in [4.78, 5) is 11.3. The van der Waals surface area contributed by atoms with E-state index in [1.54, 1.807) is 13.8 Å². The first-order valence-electron chi connectivity index (χ1n) is 6.68. The number of methoxy groups -OCH3 is 1. The highest BCUT2D eigenvalue weighted by Gasteiger charge is 2.25. The van der Waals surface area contributed by atoms with Crippen LogP contribution in [0.1, 0.15) is 37.0 Å². The largest absolute Gasteiger partial charge is 0.465 e. The van der Waals surface area contributed by atoms with E-state index in [9.17, 15) is 18.3 Å². The molecule has 0 aliphatic heterocycles. The Hall–Kier alpha value is -1.44. The van der Waals surface area contributed by atoms with Gasteiger partial charge in [0.1, 0.15) is 0 Å². The minimum atomic E-state index is -3.72. The van der Waals surface area contributed by atoms with Gasteiger partial charge in [-0.2, -0.15) is 0 Å². The van der Waals surface area contributed by atoms with Gasteiger partial charge in [-0.1, -0.05) is 13.8 Å². The number of rotatable bonds is 7. The third-order valence-electron chi connectivity index (χ3n) is 3.49. The second-order valence-electron chi connectivity index (χ2n) is 4.77. The summed E-state index contributed by atoms with van der Waals surface area (Å²) < 4.78 is 31.2. The van der Waals surface area contributed by atoms with Crippen molar-refractivity contribution in [3.63, 3.8) is 0 Å². The zero-order chi connectivity index (χ0) is 16.1. The SMILES string of the molecule is CCC(O)(CC)CNS(=O)(=O)c1ccc(C(=O)OC)cc1. The van der Waals surface area contributed by atoms with E-state index in [4.69, 9.17) is 0 Å². The smallest absolute Gasteiger partial charge is 0.337 e. The second kappa shape index (κ2) is 7.02. The lowest BCUT2D eigenvalue weighted by Crippen LogP contribution is -2.41. The first-order valence-corrected chi connectivity index (χ1v) is 8.16. The molecule has 0 aliphatic rings. The molecule has 2 N–H and O–H groups in total. The maximum atomic E-state index is 12.1. The first kappa shape index (κ1) is 17.6. The Morgan fingerprint density at radius 1 is 1.24 bits per heavy atom. The number of ether oxygens (including phenoxy) is 1. The summed E-state index contributed by atoms with van der Waals surface area (Å²) >= 11 is 0. The lowest BCUT2D eigenvalue weighted by atomic mass is 9.98. The van der Waals surface area contributed by atoms with Gasteiger partial charge in [-0.05, 0) is 37.1 Å². The van der Waals surface area contributed by atoms with Gasteiger partial charge in [0.05, 0.1) is 23.2 Å². The number of benzene rings is 1. The highest BCUT2D eigenvalue weighted by molar-refractivity contribution is 7.89. The van der Waals surface area contributed by atoms with E-state index in [2.05, 4.69) is 9.46 Å². The van der Waals surface area contributed by atoms with Gasteiger partial charge in [0.2, 0.25) is 10.0 Å². The molecule has 0 amide bonds. The van der Waals surface area contributed by atoms with E-state index in [1.165, 1.54) is 31.4 Å². The van der Waals surface area contributed by atoms with Crippen LogP contribution in [0.25, 0.3) is 0 Å². The van der Waals surface area contributed by atoms with Crippen molar-refractivity contribution in [2.24, 2.45) is 0 Å². The van der Waals surface area contributed by atoms with Crippen molar-refractivity contribution in [2.75, 3.05) is 13.7 Å². The number of hydrogen-bond donors (Lipinski definition) is 2. The van der Waals surface area contributed by atoms with Crippen LogP contribution < -0.4 is 4.72 Å². The van der Waals surface area contributed by atoms with E-state index in [1.807, 2.05) is 0 Å². The second-order valence-corrected chi connectivity index (χ2v) is 6.54. The summed E-state index contributed by atoms with van der Waals surface area (Å²) in [5.41, 5.74) is -0.783. The predicted molar refractivity (Wildman–Crippen MR) is 78.5 cm³/mol. The van der Waals surface area contributed by atoms with Crippen molar-refractivity contribution >= 4 is 16.0 Å². The van der Waals surface area contributed by atoms with Crippen molar-refractivity contribution in [1.29, 1.82) is 0 Å². The van der Waals surface area contributed by atoms with E-state index in [0.29, 0.717) is 12.8 Å². The fourth-order valence-corrected chi connectivity index (χ4v) is 2.82. The molecule has 0 radical (unpaired) electrons. The quantitative estimate of drug-likeness (QED) is 0.740. The number of sulfonamides is 1. The fourth-order valence-electron chi connectivity index (χ4n) is 1.70. The summed E-state index contributed by atoms with van der Waals surface area (Å²) in [7, 11) is -2.47. The van der Waals surface area contributed by atoms with E-state index >= 15 is 0 Å². The van der Waals surface area contributed by atoms with Gasteiger partial charge in [0.15, 0.2) is 0 Å². The van der Waals surface area contributed by atoms with Crippen LogP contribution >= 0.6 is 0 Å². The lowest BCUT2D eigenvalue weighted by molar-refractivity contribution is 0.0377. The Bertz CT molecular complexity index is 576. The third-order valence-corrected chi connectivity index (χ3v) is 4.91. The fraction of sp³-hybridized carbons (Fsp3) is 0.500. The number of carbonyl (C=O) groups excluding carboxylic acids is 1. The molecule has 7 heteroatoms. The molecule has 1 aromatic carbocycles. The van der Waals surface area contributed by atoms with Crippen molar-refractivity contribution in [3.8, 4) is 0 Å². The molecule has 0 heterocycles. The van der Waals surface area contributed by atoms with E-state index < -0.39 is 21.6 Å². The van der Waals surface area contributed by atoms with Crippen LogP contribution in [0.15, 0.2) is 29.2 Å². The molecule has 21 heavy (non-hydrogen) atoms. The molecule has 0 atom stereocenters. The zero-order valence-electron chi connectivity index (χ0n) is 12.4. The monoisotopic (exact) mass is 315 g/mol. The highest BCUT2D eigenvalue weighted by atomic mass is 32.2. The molecule has 0 saturated heterocycles. The van der Waals surface area contributed by atoms with Crippen molar-refractivity contribution in [2.45, 2.75) is 37.2 Å². The Labute approximate surface area is 125 Å². The number of hydrogen-bond acceptors (Lipinski definition) is 5. The van der Waals surface area contributed by atoms with Crippen LogP contribution in [0, 0.1) is 0 Å². The maximum Gasteiger partial charge on any atom is 0.337 e. The molecule has 0 saturated carbocycles. The summed E-state index contributed by atoms with van der Waals surface area (Å²) in [5, 5.41) is 10.1. The van der Waals surface area contributed by atoms with E-state index in [0.717, 1.165) is 0 Å². The Kier molecular flexibility index (Phi) is 5.88. The molecule has 0 unspecified atom stereocenters. The summed E-state index contributed by atoms with van der Waals surface area (Å²) in [6.45, 7) is 3.53. The standard InChI is InChI=1S/C14H21NO5S/c1-4-14(17,5-2)10-15-21(18,19)12-8-6-11(7-9-12)13(16)20-3/h6-9,15,17H,4-5,10H2,1-3H3. The number of esters is 1. The molecule has 1 rings (SSSR count). The van der Waals surface area contributed by atoms with Crippen molar-refractivity contribution in [1.82, 2.24) is 4.72 Å². The molecule has 118 valence electrons. The minimum Gasteiger partial charge on any atom is -0.465 e. The topological polar surface area (TPSA) is 92.7 Å². The zero-order valence-corrected chi connectivity index (χ0v) is 13.2. The van der Waals surface area contributed by atoms with Gasteiger partial charge >= 0.3 is 5.97 Å². The Morgan fingerprint density at radius 3 is 2.19 bits per heavy atom. The third kappa shape index (κ3) is 4.52. The maximum absolute atomic E-state index is 12.1. The van der Waals surface area contributed by atoms with Gasteiger partial charge in [0, 0.05) is 6.54 Å². The number of carbonyl (C=O) groups is 1. The van der Waals surface area contributed by atoms with Crippen LogP contribution in [0.4, 0.5) is 0 Å². The molecule has 6 nitrogen and oxygen atoms in total. The summed E-state index contributed by atoms with van der Waals surface area (Å²) in [6.07, 6.45) is 0.903. The Morgan fingerprint density at radius 2 is 1.76 bits per heavy atom. The molecular formula is C14H21NO5S. The number of nitrogens with one attached hydrogen (secondary N) is 1. The predicted octanol–water partition coefficient (Wildman–Crippen LogP) is 1.30. The molecule has 0 spiro atoms. The average molecular weight is 315 g/mol. The van der Waals surface area contributed by atoms with Gasteiger partial charge in [-0.3, -0.25) is 0 Å². The molecule has 0 aromatic heterocycles. The van der Waals surface area contributed by atoms with Gasteiger partial charge < -0.3 is 9.84 Å². The Balaban J connectivity index is 2.86. The van der Waals surface area contributed by atoms with Crippen molar-refractivity contribution in [3.05, 3.63) is 29.8 Å². The summed E-state index contributed by atoms with van der Waals surface area (Å²) in [5.74, 6) is -0.529. The van der Waals surface area contributed by atoms with Crippen LogP contribution in [-0.4, -0.2) is 38.7 Å². The van der Waals surface area contributed by atoms with Gasteiger partial charge in [-0.15, -0.1) is 0 Å². The van der Waals surface area contributed by atoms with Crippen LogP contribution in [-0.2, 0) is 14.8 Å². The first-order chi connectivity index (χ1) is 9.78. The van der Waals surface area contributed by atoms with Crippen LogP contribution in [0.2, 0.25) is 0 Å². The molecule has 1 aromatic rings. The normalized spacial score (nSPS) is 12.2. The van der Waals surface area contributed by atoms with Crippen molar-refractivity contribution < 1.29 is 23.1 Å². The highest BCUT2D eigenvalue weighted by Crippen LogP contribution is 2.16. The lowest BCUT2D eigenvalue weighted by Gasteiger charge is -2.25. The van der Waals surface area contributed by atoms with E-state index in [-0.39, 0.29) is 17.0 Å². The molecular weight excluding hydrogens is 294 g/mol. The van der Waals surface area contributed by atoms with Crippen LogP contribution in [0.5, 0.6) is 0 Å². The van der Waals surface area contributed by atoms with Gasteiger partial charge in [-0.25, -0.2) is 17.9 Å². The number of aliphatic hydroxyl groups is 1.